The third-order valence-electron chi connectivity index (χ3n) is 12.5. The Hall–Kier alpha value is -7.79. The molecule has 2 heterocycles. The number of fused-ring (bicyclic) bond motifs is 11. The summed E-state index contributed by atoms with van der Waals surface area (Å²) in [6, 6.07) is 79.3. The minimum atomic E-state index is 0.824. The highest BCUT2D eigenvalue weighted by atomic mass is 32.2. The lowest BCUT2D eigenvalue weighted by Crippen LogP contribution is -2.16. The first-order valence-corrected chi connectivity index (χ1v) is 21.9. The molecule has 3 nitrogen and oxygen atoms in total. The number of benzene rings is 11. The Morgan fingerprint density at radius 3 is 1.63 bits per heavy atom. The molecule has 290 valence electrons. The molecule has 0 atom stereocenters. The number of rotatable bonds is 4. The number of hydrogen-bond acceptors (Lipinski definition) is 4. The maximum Gasteiger partial charge on any atom is 0.151 e. The summed E-state index contributed by atoms with van der Waals surface area (Å²) in [5.41, 5.74) is 11.2. The summed E-state index contributed by atoms with van der Waals surface area (Å²) in [6.07, 6.45) is 0. The maximum absolute atomic E-state index is 6.67. The van der Waals surface area contributed by atoms with Gasteiger partial charge in [-0.15, -0.1) is 0 Å². The number of anilines is 6. The highest BCUT2D eigenvalue weighted by Crippen LogP contribution is 2.55. The fourth-order valence-electron chi connectivity index (χ4n) is 9.65. The summed E-state index contributed by atoms with van der Waals surface area (Å²) in [5, 5.41) is 10.00. The van der Waals surface area contributed by atoms with E-state index in [1.807, 2.05) is 17.8 Å². The van der Waals surface area contributed by atoms with Crippen molar-refractivity contribution in [2.75, 3.05) is 9.80 Å². The van der Waals surface area contributed by atoms with Crippen LogP contribution in [0.5, 0.6) is 11.5 Å². The normalized spacial score (nSPS) is 12.8. The van der Waals surface area contributed by atoms with E-state index in [1.165, 1.54) is 69.7 Å². The Kier molecular flexibility index (Phi) is 7.84. The van der Waals surface area contributed by atoms with Gasteiger partial charge in [-0.05, 0) is 138 Å². The van der Waals surface area contributed by atoms with Crippen LogP contribution in [0.2, 0.25) is 0 Å². The second-order valence-electron chi connectivity index (χ2n) is 16.1. The summed E-state index contributed by atoms with van der Waals surface area (Å²) in [6.45, 7) is 0. The van der Waals surface area contributed by atoms with E-state index in [0.29, 0.717) is 0 Å². The number of nitrogens with zero attached hydrogens (tertiary/aromatic N) is 2. The van der Waals surface area contributed by atoms with Gasteiger partial charge in [-0.1, -0.05) is 157 Å². The van der Waals surface area contributed by atoms with E-state index < -0.39 is 0 Å². The summed E-state index contributed by atoms with van der Waals surface area (Å²) >= 11 is 1.85. The minimum absolute atomic E-state index is 0.824. The van der Waals surface area contributed by atoms with Crippen LogP contribution >= 0.6 is 11.8 Å². The molecule has 2 aliphatic heterocycles. The van der Waals surface area contributed by atoms with Crippen LogP contribution in [0.3, 0.4) is 0 Å². The average molecular weight is 809 g/mol. The molecule has 0 N–H and O–H groups in total. The summed E-state index contributed by atoms with van der Waals surface area (Å²) in [7, 11) is 0. The molecule has 0 fully saturated rings. The highest BCUT2D eigenvalue weighted by molar-refractivity contribution is 7.99. The Morgan fingerprint density at radius 2 is 0.839 bits per heavy atom. The van der Waals surface area contributed by atoms with Crippen LogP contribution < -0.4 is 14.5 Å². The molecule has 62 heavy (non-hydrogen) atoms. The van der Waals surface area contributed by atoms with Crippen molar-refractivity contribution < 1.29 is 4.74 Å². The zero-order valence-electron chi connectivity index (χ0n) is 33.5. The van der Waals surface area contributed by atoms with E-state index in [2.05, 4.69) is 222 Å². The molecule has 11 aromatic carbocycles. The first-order chi connectivity index (χ1) is 30.7. The van der Waals surface area contributed by atoms with Gasteiger partial charge in [0.25, 0.3) is 0 Å². The fourth-order valence-corrected chi connectivity index (χ4v) is 10.7. The lowest BCUT2D eigenvalue weighted by Gasteiger charge is -2.34. The second-order valence-corrected chi connectivity index (χ2v) is 17.2. The molecule has 0 amide bonds. The van der Waals surface area contributed by atoms with Gasteiger partial charge in [-0.25, -0.2) is 0 Å². The SMILES string of the molecule is c1ccc(-c2cccc(N3c4cc(-c5ccc6c(c5)N(c5ccc7c8ccccc8c8ccccc8c7c5)c5ccccc5O6)ccc4Sc4cc5ccccc5cc43)c2)cc1. The first-order valence-electron chi connectivity index (χ1n) is 21.1. The van der Waals surface area contributed by atoms with Crippen LogP contribution in [0.1, 0.15) is 0 Å². The van der Waals surface area contributed by atoms with Gasteiger partial charge in [-0.3, -0.25) is 0 Å². The van der Waals surface area contributed by atoms with Gasteiger partial charge in [0.1, 0.15) is 0 Å². The van der Waals surface area contributed by atoms with Crippen molar-refractivity contribution in [3.05, 3.63) is 218 Å². The van der Waals surface area contributed by atoms with E-state index in [4.69, 9.17) is 4.74 Å². The van der Waals surface area contributed by atoms with Gasteiger partial charge < -0.3 is 14.5 Å². The Labute approximate surface area is 363 Å². The highest BCUT2D eigenvalue weighted by Gasteiger charge is 2.29. The molecule has 0 radical (unpaired) electrons. The van der Waals surface area contributed by atoms with Crippen molar-refractivity contribution in [3.63, 3.8) is 0 Å². The maximum atomic E-state index is 6.67. The van der Waals surface area contributed by atoms with Crippen LogP contribution in [0, 0.1) is 0 Å². The number of ether oxygens (including phenoxy) is 1. The lowest BCUT2D eigenvalue weighted by atomic mass is 9.94. The molecule has 0 aromatic heterocycles. The molecular formula is C58H36N2OS. The Balaban J connectivity index is 0.975. The molecule has 0 saturated heterocycles. The van der Waals surface area contributed by atoms with Gasteiger partial charge in [0.15, 0.2) is 11.5 Å². The number of hydrogen-bond donors (Lipinski definition) is 0. The summed E-state index contributed by atoms with van der Waals surface area (Å²) in [4.78, 5) is 7.29. The third-order valence-corrected chi connectivity index (χ3v) is 13.7. The van der Waals surface area contributed by atoms with Gasteiger partial charge in [-0.2, -0.15) is 0 Å². The monoisotopic (exact) mass is 808 g/mol. The third kappa shape index (κ3) is 5.54. The van der Waals surface area contributed by atoms with Crippen molar-refractivity contribution >= 4 is 89.0 Å². The summed E-state index contributed by atoms with van der Waals surface area (Å²) < 4.78 is 6.67. The lowest BCUT2D eigenvalue weighted by molar-refractivity contribution is 0.477. The van der Waals surface area contributed by atoms with E-state index >= 15 is 0 Å². The van der Waals surface area contributed by atoms with Gasteiger partial charge in [0.05, 0.1) is 22.7 Å². The van der Waals surface area contributed by atoms with Gasteiger partial charge in [0, 0.05) is 21.2 Å². The zero-order chi connectivity index (χ0) is 40.7. The fraction of sp³-hybridized carbons (Fsp3) is 0. The Morgan fingerprint density at radius 1 is 0.290 bits per heavy atom. The van der Waals surface area contributed by atoms with Crippen LogP contribution in [0.25, 0.3) is 65.3 Å². The molecule has 13 rings (SSSR count). The van der Waals surface area contributed by atoms with E-state index in [9.17, 15) is 0 Å². The molecule has 0 spiro atoms. The number of para-hydroxylation sites is 2. The molecular weight excluding hydrogens is 773 g/mol. The molecule has 11 aromatic rings. The predicted octanol–water partition coefficient (Wildman–Crippen LogP) is 17.1. The molecule has 0 saturated carbocycles. The quantitative estimate of drug-likeness (QED) is 0.165. The van der Waals surface area contributed by atoms with Crippen molar-refractivity contribution in [1.29, 1.82) is 0 Å². The molecule has 2 aliphatic rings. The smallest absolute Gasteiger partial charge is 0.151 e. The molecule has 0 bridgehead atoms. The predicted molar refractivity (Wildman–Crippen MR) is 261 cm³/mol. The van der Waals surface area contributed by atoms with Crippen molar-refractivity contribution in [3.8, 4) is 33.8 Å². The largest absolute Gasteiger partial charge is 0.453 e. The van der Waals surface area contributed by atoms with Crippen molar-refractivity contribution in [2.45, 2.75) is 9.79 Å². The standard InChI is InChI=1S/C58H36N2OS/c1-2-13-37(14-3-1)38-17-12-18-43(31-38)60-53-34-42(26-30-57(53)62-58-35-40-16-5-4-15-39(40)33-54(58)60)41-25-29-56-52(32-41)59(51-23-10-11-24-55(51)61-56)44-27-28-49-47-21-7-6-19-45(47)46-20-8-9-22-48(46)50(49)36-44/h1-36H. The molecule has 0 aliphatic carbocycles. The van der Waals surface area contributed by atoms with Gasteiger partial charge in [0.2, 0.25) is 0 Å². The van der Waals surface area contributed by atoms with Gasteiger partial charge >= 0.3 is 0 Å². The van der Waals surface area contributed by atoms with E-state index in [-0.39, 0.29) is 0 Å². The van der Waals surface area contributed by atoms with Crippen molar-refractivity contribution in [1.82, 2.24) is 0 Å². The zero-order valence-corrected chi connectivity index (χ0v) is 34.3. The molecule has 4 heteroatoms. The van der Waals surface area contributed by atoms with Crippen LogP contribution in [0.4, 0.5) is 34.1 Å². The first kappa shape index (κ1) is 35.0. The molecule has 0 unspecified atom stereocenters. The second kappa shape index (κ2) is 13.9. The van der Waals surface area contributed by atoms with E-state index in [0.717, 1.165) is 51.1 Å². The topological polar surface area (TPSA) is 15.7 Å². The summed E-state index contributed by atoms with van der Waals surface area (Å²) in [5.74, 6) is 1.66. The van der Waals surface area contributed by atoms with Crippen LogP contribution in [-0.2, 0) is 0 Å². The Bertz CT molecular complexity index is 3580. The van der Waals surface area contributed by atoms with Crippen molar-refractivity contribution in [2.24, 2.45) is 0 Å². The van der Waals surface area contributed by atoms with E-state index in [1.54, 1.807) is 0 Å². The van der Waals surface area contributed by atoms with Crippen LogP contribution in [-0.4, -0.2) is 0 Å². The van der Waals surface area contributed by atoms with Crippen LogP contribution in [0.15, 0.2) is 228 Å². The minimum Gasteiger partial charge on any atom is -0.453 e. The average Bonchev–Trinajstić information content (AvgIpc) is 3.34.